The van der Waals surface area contributed by atoms with Crippen LogP contribution in [0.5, 0.6) is 0 Å². The number of para-hydroxylation sites is 1. The molecule has 144 valence electrons. The molecule has 0 spiro atoms. The maximum absolute atomic E-state index is 13.0. The molecule has 3 aromatic rings. The van der Waals surface area contributed by atoms with Crippen LogP contribution in [0.3, 0.4) is 0 Å². The van der Waals surface area contributed by atoms with Gasteiger partial charge in [-0.3, -0.25) is 14.7 Å². The third-order valence-electron chi connectivity index (χ3n) is 5.51. The molecule has 1 atom stereocenters. The van der Waals surface area contributed by atoms with E-state index in [-0.39, 0.29) is 5.91 Å². The van der Waals surface area contributed by atoms with Gasteiger partial charge in [-0.25, -0.2) is 4.98 Å². The molecule has 5 heteroatoms. The normalized spacial score (nSPS) is 17.5. The van der Waals surface area contributed by atoms with Crippen molar-refractivity contribution in [3.8, 4) is 11.4 Å². The SMILES string of the molecule is CC1CCCCN1CCNC(=O)c1cc(-c2ccccn2)nc2ccccc12. The third kappa shape index (κ3) is 4.04. The van der Waals surface area contributed by atoms with Gasteiger partial charge in [0.25, 0.3) is 5.91 Å². The Bertz CT molecular complexity index is 957. The van der Waals surface area contributed by atoms with Gasteiger partial charge < -0.3 is 5.32 Å². The van der Waals surface area contributed by atoms with E-state index in [4.69, 9.17) is 4.98 Å². The first-order valence-corrected chi connectivity index (χ1v) is 10.1. The van der Waals surface area contributed by atoms with E-state index in [0.29, 0.717) is 23.8 Å². The Kier molecular flexibility index (Phi) is 5.63. The number of pyridine rings is 2. The van der Waals surface area contributed by atoms with Gasteiger partial charge in [0.15, 0.2) is 0 Å². The number of nitrogens with zero attached hydrogens (tertiary/aromatic N) is 3. The minimum absolute atomic E-state index is 0.0551. The zero-order valence-electron chi connectivity index (χ0n) is 16.3. The molecular weight excluding hydrogens is 348 g/mol. The predicted octanol–water partition coefficient (Wildman–Crippen LogP) is 3.90. The molecule has 5 nitrogen and oxygen atoms in total. The monoisotopic (exact) mass is 374 g/mol. The first kappa shape index (κ1) is 18.6. The molecule has 0 saturated carbocycles. The number of carbonyl (C=O) groups is 1. The largest absolute Gasteiger partial charge is 0.351 e. The fourth-order valence-electron chi connectivity index (χ4n) is 3.91. The molecule has 1 saturated heterocycles. The van der Waals surface area contributed by atoms with E-state index in [9.17, 15) is 4.79 Å². The molecule has 1 aliphatic rings. The minimum atomic E-state index is -0.0551. The van der Waals surface area contributed by atoms with Crippen molar-refractivity contribution in [3.63, 3.8) is 0 Å². The Morgan fingerprint density at radius 3 is 2.82 bits per heavy atom. The average molecular weight is 374 g/mol. The maximum Gasteiger partial charge on any atom is 0.252 e. The van der Waals surface area contributed by atoms with Crippen molar-refractivity contribution in [2.75, 3.05) is 19.6 Å². The predicted molar refractivity (Wildman–Crippen MR) is 112 cm³/mol. The van der Waals surface area contributed by atoms with Gasteiger partial charge in [-0.2, -0.15) is 0 Å². The Hall–Kier alpha value is -2.79. The lowest BCUT2D eigenvalue weighted by Crippen LogP contribution is -2.42. The highest BCUT2D eigenvalue weighted by Crippen LogP contribution is 2.23. The first-order valence-electron chi connectivity index (χ1n) is 10.1. The van der Waals surface area contributed by atoms with Crippen molar-refractivity contribution in [3.05, 3.63) is 60.3 Å². The topological polar surface area (TPSA) is 58.1 Å². The lowest BCUT2D eigenvalue weighted by atomic mass is 10.0. The van der Waals surface area contributed by atoms with Gasteiger partial charge in [0.2, 0.25) is 0 Å². The van der Waals surface area contributed by atoms with Crippen molar-refractivity contribution in [2.24, 2.45) is 0 Å². The summed E-state index contributed by atoms with van der Waals surface area (Å²) in [5.74, 6) is -0.0551. The van der Waals surface area contributed by atoms with Crippen LogP contribution in [0.15, 0.2) is 54.7 Å². The quantitative estimate of drug-likeness (QED) is 0.736. The molecule has 1 aromatic carbocycles. The fraction of sp³-hybridized carbons (Fsp3) is 0.348. The molecule has 1 amide bonds. The van der Waals surface area contributed by atoms with Gasteiger partial charge >= 0.3 is 0 Å². The molecule has 28 heavy (non-hydrogen) atoms. The van der Waals surface area contributed by atoms with Gasteiger partial charge in [-0.05, 0) is 50.6 Å². The number of benzene rings is 1. The van der Waals surface area contributed by atoms with Crippen LogP contribution in [0.4, 0.5) is 0 Å². The number of piperidine rings is 1. The van der Waals surface area contributed by atoms with Crippen LogP contribution in [0.25, 0.3) is 22.3 Å². The summed E-state index contributed by atoms with van der Waals surface area (Å²) in [4.78, 5) is 24.5. The molecule has 0 aliphatic carbocycles. The van der Waals surface area contributed by atoms with E-state index in [1.807, 2.05) is 48.5 Å². The summed E-state index contributed by atoms with van der Waals surface area (Å²) in [5, 5.41) is 3.98. The first-order chi connectivity index (χ1) is 13.7. The molecule has 0 bridgehead atoms. The second-order valence-corrected chi connectivity index (χ2v) is 7.42. The molecule has 1 unspecified atom stereocenters. The van der Waals surface area contributed by atoms with E-state index in [2.05, 4.69) is 22.1 Å². The van der Waals surface area contributed by atoms with Crippen LogP contribution in [0, 0.1) is 0 Å². The molecule has 0 radical (unpaired) electrons. The van der Waals surface area contributed by atoms with Crippen molar-refractivity contribution >= 4 is 16.8 Å². The number of fused-ring (bicyclic) bond motifs is 1. The Morgan fingerprint density at radius 2 is 2.00 bits per heavy atom. The van der Waals surface area contributed by atoms with Crippen molar-refractivity contribution < 1.29 is 4.79 Å². The summed E-state index contributed by atoms with van der Waals surface area (Å²) < 4.78 is 0. The lowest BCUT2D eigenvalue weighted by Gasteiger charge is -2.33. The van der Waals surface area contributed by atoms with E-state index < -0.39 is 0 Å². The Balaban J connectivity index is 1.55. The fourth-order valence-corrected chi connectivity index (χ4v) is 3.91. The molecule has 1 fully saturated rings. The number of rotatable bonds is 5. The van der Waals surface area contributed by atoms with Crippen LogP contribution in [-0.2, 0) is 0 Å². The van der Waals surface area contributed by atoms with E-state index in [1.54, 1.807) is 6.20 Å². The van der Waals surface area contributed by atoms with Crippen LogP contribution < -0.4 is 5.32 Å². The van der Waals surface area contributed by atoms with Crippen molar-refractivity contribution in [2.45, 2.75) is 32.2 Å². The van der Waals surface area contributed by atoms with E-state index in [1.165, 1.54) is 19.3 Å². The second kappa shape index (κ2) is 8.48. The van der Waals surface area contributed by atoms with Crippen LogP contribution in [-0.4, -0.2) is 46.5 Å². The van der Waals surface area contributed by atoms with Crippen molar-refractivity contribution in [1.29, 1.82) is 0 Å². The van der Waals surface area contributed by atoms with Gasteiger partial charge in [0.1, 0.15) is 0 Å². The smallest absolute Gasteiger partial charge is 0.252 e. The average Bonchev–Trinajstić information content (AvgIpc) is 2.75. The summed E-state index contributed by atoms with van der Waals surface area (Å²) in [6.07, 6.45) is 5.55. The number of amides is 1. The zero-order chi connectivity index (χ0) is 19.3. The molecule has 2 aromatic heterocycles. The molecular formula is C23H26N4O. The Labute approximate surface area is 165 Å². The number of hydrogen-bond acceptors (Lipinski definition) is 4. The van der Waals surface area contributed by atoms with Crippen LogP contribution in [0.1, 0.15) is 36.5 Å². The molecule has 4 rings (SSSR count). The number of hydrogen-bond donors (Lipinski definition) is 1. The summed E-state index contributed by atoms with van der Waals surface area (Å²) in [6.45, 7) is 4.94. The van der Waals surface area contributed by atoms with Gasteiger partial charge in [-0.15, -0.1) is 0 Å². The molecule has 3 heterocycles. The van der Waals surface area contributed by atoms with Crippen LogP contribution in [0.2, 0.25) is 0 Å². The highest BCUT2D eigenvalue weighted by Gasteiger charge is 2.18. The minimum Gasteiger partial charge on any atom is -0.351 e. The standard InChI is InChI=1S/C23H26N4O/c1-17-8-5-7-14-27(17)15-13-25-23(28)19-16-22(21-11-4-6-12-24-21)26-20-10-3-2-9-18(19)20/h2-4,6,9-12,16-17H,5,7-8,13-15H2,1H3,(H,25,28). The summed E-state index contributed by atoms with van der Waals surface area (Å²) in [5.41, 5.74) is 2.94. The highest BCUT2D eigenvalue weighted by atomic mass is 16.1. The van der Waals surface area contributed by atoms with Crippen molar-refractivity contribution in [1.82, 2.24) is 20.2 Å². The lowest BCUT2D eigenvalue weighted by molar-refractivity contribution is 0.0940. The highest BCUT2D eigenvalue weighted by molar-refractivity contribution is 6.07. The number of nitrogens with one attached hydrogen (secondary N) is 1. The summed E-state index contributed by atoms with van der Waals surface area (Å²) in [6, 6.07) is 15.9. The van der Waals surface area contributed by atoms with Gasteiger partial charge in [0.05, 0.1) is 22.5 Å². The second-order valence-electron chi connectivity index (χ2n) is 7.42. The van der Waals surface area contributed by atoms with Crippen LogP contribution >= 0.6 is 0 Å². The van der Waals surface area contributed by atoms with E-state index >= 15 is 0 Å². The number of likely N-dealkylation sites (tertiary alicyclic amines) is 1. The number of aromatic nitrogens is 2. The number of carbonyl (C=O) groups excluding carboxylic acids is 1. The maximum atomic E-state index is 13.0. The van der Waals surface area contributed by atoms with Gasteiger partial charge in [0, 0.05) is 30.7 Å². The summed E-state index contributed by atoms with van der Waals surface area (Å²) in [7, 11) is 0. The summed E-state index contributed by atoms with van der Waals surface area (Å²) >= 11 is 0. The Morgan fingerprint density at radius 1 is 1.14 bits per heavy atom. The third-order valence-corrected chi connectivity index (χ3v) is 5.51. The molecule has 1 aliphatic heterocycles. The molecule has 1 N–H and O–H groups in total. The van der Waals surface area contributed by atoms with Gasteiger partial charge in [-0.1, -0.05) is 30.7 Å². The van der Waals surface area contributed by atoms with E-state index in [0.717, 1.165) is 29.7 Å². The zero-order valence-corrected chi connectivity index (χ0v) is 16.3.